The Morgan fingerprint density at radius 3 is 0.630 bits per heavy atom. The highest BCUT2D eigenvalue weighted by Gasteiger charge is 2.31. The molecule has 3 N–H and O–H groups in total. The molecule has 17 nitrogen and oxygen atoms in total. The minimum Gasteiger partial charge on any atom is -0.462 e. The van der Waals surface area contributed by atoms with Crippen molar-refractivity contribution in [1.82, 2.24) is 0 Å². The summed E-state index contributed by atoms with van der Waals surface area (Å²) >= 11 is 0. The second kappa shape index (κ2) is 80.3. The molecule has 0 aromatic rings. The van der Waals surface area contributed by atoms with E-state index in [1.165, 1.54) is 295 Å². The maximum Gasteiger partial charge on any atom is 0.472 e. The summed E-state index contributed by atoms with van der Waals surface area (Å²) in [5.41, 5.74) is 0. The van der Waals surface area contributed by atoms with Gasteiger partial charge in [-0.15, -0.1) is 0 Å². The Kier molecular flexibility index (Phi) is 78.8. The Hall–Kier alpha value is -1.94. The van der Waals surface area contributed by atoms with E-state index in [9.17, 15) is 43.2 Å². The molecule has 0 amide bonds. The normalized spacial score (nSPS) is 13.8. The van der Waals surface area contributed by atoms with E-state index in [0.29, 0.717) is 25.7 Å². The number of hydrogen-bond donors (Lipinski definition) is 3. The molecule has 0 fully saturated rings. The first-order valence-corrected chi connectivity index (χ1v) is 49.0. The molecule has 0 bridgehead atoms. The third-order valence-electron chi connectivity index (χ3n) is 21.0. The highest BCUT2D eigenvalue weighted by atomic mass is 31.2. The highest BCUT2D eigenvalue weighted by molar-refractivity contribution is 7.47. The van der Waals surface area contributed by atoms with Crippen LogP contribution in [0.25, 0.3) is 0 Å². The molecule has 0 aliphatic carbocycles. The van der Waals surface area contributed by atoms with Crippen LogP contribution in [0.2, 0.25) is 0 Å². The number of rotatable bonds is 88. The van der Waals surface area contributed by atoms with Crippen LogP contribution in [0, 0.1) is 11.8 Å². The summed E-state index contributed by atoms with van der Waals surface area (Å²) in [5, 5.41) is 10.7. The van der Waals surface area contributed by atoms with E-state index in [0.717, 1.165) is 102 Å². The van der Waals surface area contributed by atoms with Crippen LogP contribution in [0.3, 0.4) is 0 Å². The molecule has 0 spiro atoms. The van der Waals surface area contributed by atoms with Crippen molar-refractivity contribution in [2.24, 2.45) is 11.8 Å². The van der Waals surface area contributed by atoms with Crippen molar-refractivity contribution in [3.8, 4) is 0 Å². The van der Waals surface area contributed by atoms with Crippen LogP contribution in [-0.4, -0.2) is 96.7 Å². The van der Waals surface area contributed by atoms with Gasteiger partial charge in [-0.1, -0.05) is 427 Å². The number of aliphatic hydroxyl groups excluding tert-OH is 1. The van der Waals surface area contributed by atoms with Crippen molar-refractivity contribution in [3.63, 3.8) is 0 Å². The Balaban J connectivity index is 5.25. The first-order chi connectivity index (χ1) is 52.4. The fraction of sp³-hybridized carbons (Fsp3) is 0.955. The maximum atomic E-state index is 13.2. The number of esters is 4. The summed E-state index contributed by atoms with van der Waals surface area (Å²) in [5.74, 6) is -0.541. The average Bonchev–Trinajstić information content (AvgIpc) is 0.899. The van der Waals surface area contributed by atoms with E-state index < -0.39 is 97.5 Å². The molecule has 5 atom stereocenters. The Morgan fingerprint density at radius 2 is 0.426 bits per heavy atom. The molecule has 0 aromatic carbocycles. The van der Waals surface area contributed by atoms with Crippen molar-refractivity contribution in [2.45, 2.75) is 496 Å². The van der Waals surface area contributed by atoms with E-state index >= 15 is 0 Å². The smallest absolute Gasteiger partial charge is 0.462 e. The van der Waals surface area contributed by atoms with Crippen LogP contribution in [0.1, 0.15) is 478 Å². The standard InChI is InChI=1S/C89H174O17P2/c1-7-9-11-13-15-17-19-21-23-25-26-27-29-35-39-43-49-56-62-68-74-88(93)105-84(77-99-86(91)71-65-59-53-47-41-37-33-31-30-32-36-40-45-51-57-63-69-81(3)4)79-103-107(95,96)101-75-83(90)76-102-108(97,98)104-80-85(78-100-87(92)72-66-60-54-50-44-46-52-58-64-70-82(5)6)106-89(94)73-67-61-55-48-42-38-34-28-24-22-20-18-16-14-12-10-8-2/h81-85,90H,7-80H2,1-6H3,(H,95,96)(H,97,98)/t83-,84-,85-/m1/s1. The van der Waals surface area contributed by atoms with Gasteiger partial charge in [-0.05, 0) is 37.5 Å². The first kappa shape index (κ1) is 106. The van der Waals surface area contributed by atoms with Gasteiger partial charge in [0.25, 0.3) is 0 Å². The van der Waals surface area contributed by atoms with Gasteiger partial charge < -0.3 is 33.8 Å². The van der Waals surface area contributed by atoms with E-state index in [-0.39, 0.29) is 25.7 Å². The summed E-state index contributed by atoms with van der Waals surface area (Å²) in [6.07, 6.45) is 73.6. The van der Waals surface area contributed by atoms with Gasteiger partial charge >= 0.3 is 39.5 Å². The van der Waals surface area contributed by atoms with Crippen LogP contribution in [-0.2, 0) is 65.4 Å². The monoisotopic (exact) mass is 1580 g/mol. The molecular weight excluding hydrogens is 1400 g/mol. The van der Waals surface area contributed by atoms with Crippen LogP contribution in [0.4, 0.5) is 0 Å². The van der Waals surface area contributed by atoms with Gasteiger partial charge in [0.15, 0.2) is 12.2 Å². The average molecular weight is 1580 g/mol. The van der Waals surface area contributed by atoms with Gasteiger partial charge in [-0.25, -0.2) is 9.13 Å². The quantitative estimate of drug-likeness (QED) is 0.0222. The van der Waals surface area contributed by atoms with Crippen LogP contribution in [0.15, 0.2) is 0 Å². The molecule has 108 heavy (non-hydrogen) atoms. The van der Waals surface area contributed by atoms with Gasteiger partial charge in [-0.2, -0.15) is 0 Å². The zero-order valence-electron chi connectivity index (χ0n) is 71.2. The number of aliphatic hydroxyl groups is 1. The fourth-order valence-corrected chi connectivity index (χ4v) is 15.5. The first-order valence-electron chi connectivity index (χ1n) is 46.0. The maximum absolute atomic E-state index is 13.2. The second-order valence-electron chi connectivity index (χ2n) is 32.9. The minimum absolute atomic E-state index is 0.108. The lowest BCUT2D eigenvalue weighted by Gasteiger charge is -2.21. The zero-order chi connectivity index (χ0) is 79.2. The largest absolute Gasteiger partial charge is 0.472 e. The summed E-state index contributed by atoms with van der Waals surface area (Å²) < 4.78 is 69.0. The molecule has 0 rings (SSSR count). The van der Waals surface area contributed by atoms with Gasteiger partial charge in [0.1, 0.15) is 19.3 Å². The molecule has 0 saturated heterocycles. The lowest BCUT2D eigenvalue weighted by Crippen LogP contribution is -2.30. The highest BCUT2D eigenvalue weighted by Crippen LogP contribution is 2.45. The van der Waals surface area contributed by atoms with Crippen molar-refractivity contribution in [2.75, 3.05) is 39.6 Å². The van der Waals surface area contributed by atoms with Crippen molar-refractivity contribution >= 4 is 39.5 Å². The molecule has 0 aliphatic heterocycles. The summed E-state index contributed by atoms with van der Waals surface area (Å²) in [4.78, 5) is 73.4. The van der Waals surface area contributed by atoms with E-state index in [4.69, 9.17) is 37.0 Å². The molecule has 0 saturated carbocycles. The molecule has 0 aliphatic rings. The third-order valence-corrected chi connectivity index (χ3v) is 22.9. The lowest BCUT2D eigenvalue weighted by molar-refractivity contribution is -0.161. The molecular formula is C89H174O17P2. The second-order valence-corrected chi connectivity index (χ2v) is 35.8. The van der Waals surface area contributed by atoms with Crippen LogP contribution >= 0.6 is 15.6 Å². The van der Waals surface area contributed by atoms with Gasteiger partial charge in [0, 0.05) is 25.7 Å². The number of hydrogen-bond acceptors (Lipinski definition) is 15. The fourth-order valence-electron chi connectivity index (χ4n) is 14.0. The predicted molar refractivity (Wildman–Crippen MR) is 446 cm³/mol. The van der Waals surface area contributed by atoms with Crippen molar-refractivity contribution in [3.05, 3.63) is 0 Å². The number of ether oxygens (including phenoxy) is 4. The topological polar surface area (TPSA) is 237 Å². The minimum atomic E-state index is -4.97. The van der Waals surface area contributed by atoms with Crippen molar-refractivity contribution in [1.29, 1.82) is 0 Å². The SMILES string of the molecule is CCCCCCCCCCCCCCCCCCCCCCC(=O)O[C@H](COC(=O)CCCCCCCCCCCCCCCCCCC(C)C)COP(=O)(O)OC[C@@H](O)COP(=O)(O)OC[C@@H](COC(=O)CCCCCCCCCCCC(C)C)OC(=O)CCCCCCCCCCCCCCCCCCC. The van der Waals surface area contributed by atoms with Crippen LogP contribution in [0.5, 0.6) is 0 Å². The van der Waals surface area contributed by atoms with Gasteiger partial charge in [0.05, 0.1) is 26.4 Å². The summed E-state index contributed by atoms with van der Waals surface area (Å²) in [7, 11) is -9.93. The Morgan fingerprint density at radius 1 is 0.250 bits per heavy atom. The van der Waals surface area contributed by atoms with E-state index in [1.807, 2.05) is 0 Å². The Bertz CT molecular complexity index is 2060. The lowest BCUT2D eigenvalue weighted by atomic mass is 10.0. The molecule has 2 unspecified atom stereocenters. The van der Waals surface area contributed by atoms with E-state index in [2.05, 4.69) is 41.5 Å². The molecule has 0 heterocycles. The number of carbonyl (C=O) groups excluding carboxylic acids is 4. The number of carbonyl (C=O) groups is 4. The third kappa shape index (κ3) is 82.1. The number of phosphoric acid groups is 2. The van der Waals surface area contributed by atoms with Gasteiger partial charge in [-0.3, -0.25) is 37.3 Å². The van der Waals surface area contributed by atoms with Gasteiger partial charge in [0.2, 0.25) is 0 Å². The number of unbranched alkanes of at least 4 members (excludes halogenated alkanes) is 58. The molecule has 642 valence electrons. The summed E-state index contributed by atoms with van der Waals surface area (Å²) in [6, 6.07) is 0. The summed E-state index contributed by atoms with van der Waals surface area (Å²) in [6.45, 7) is 9.71. The molecule has 0 aromatic heterocycles. The van der Waals surface area contributed by atoms with E-state index in [1.54, 1.807) is 0 Å². The van der Waals surface area contributed by atoms with Crippen LogP contribution < -0.4 is 0 Å². The predicted octanol–water partition coefficient (Wildman–Crippen LogP) is 27.4. The van der Waals surface area contributed by atoms with Crippen molar-refractivity contribution < 1.29 is 80.2 Å². The molecule has 19 heteroatoms. The zero-order valence-corrected chi connectivity index (χ0v) is 73.0. The number of phosphoric ester groups is 2. The molecule has 0 radical (unpaired) electrons. The Labute approximate surface area is 664 Å².